The van der Waals surface area contributed by atoms with E-state index in [-0.39, 0.29) is 11.3 Å². The third-order valence-corrected chi connectivity index (χ3v) is 6.72. The summed E-state index contributed by atoms with van der Waals surface area (Å²) in [4.78, 5) is 30.3. The summed E-state index contributed by atoms with van der Waals surface area (Å²) < 4.78 is 11.0. The van der Waals surface area contributed by atoms with E-state index in [1.807, 2.05) is 19.9 Å². The second-order valence-corrected chi connectivity index (χ2v) is 9.20. The van der Waals surface area contributed by atoms with Crippen molar-refractivity contribution in [3.63, 3.8) is 0 Å². The zero-order chi connectivity index (χ0) is 24.9. The zero-order valence-electron chi connectivity index (χ0n) is 20.1. The van der Waals surface area contributed by atoms with E-state index in [4.69, 9.17) is 21.1 Å². The Bertz CT molecular complexity index is 1110. The number of aliphatic hydroxyl groups is 1. The van der Waals surface area contributed by atoms with Crippen LogP contribution in [0, 0.1) is 6.92 Å². The summed E-state index contributed by atoms with van der Waals surface area (Å²) in [6.45, 7) is 8.59. The molecule has 0 aromatic heterocycles. The minimum absolute atomic E-state index is 0.0935. The summed E-state index contributed by atoms with van der Waals surface area (Å²) in [6.07, 6.45) is 0.708. The molecule has 8 heteroatoms. The van der Waals surface area contributed by atoms with Gasteiger partial charge in [-0.05, 0) is 61.7 Å². The molecular formula is C27H31ClN2O5. The van der Waals surface area contributed by atoms with Gasteiger partial charge in [-0.25, -0.2) is 0 Å². The minimum Gasteiger partial charge on any atom is -0.507 e. The summed E-state index contributed by atoms with van der Waals surface area (Å²) in [5, 5.41) is 11.9. The van der Waals surface area contributed by atoms with E-state index in [9.17, 15) is 14.7 Å². The number of aryl methyl sites for hydroxylation is 1. The number of ether oxygens (including phenoxy) is 2. The van der Waals surface area contributed by atoms with E-state index in [1.54, 1.807) is 41.3 Å². The fraction of sp³-hybridized carbons (Fsp3) is 0.407. The predicted octanol–water partition coefficient (Wildman–Crippen LogP) is 4.19. The van der Waals surface area contributed by atoms with Gasteiger partial charge in [0.25, 0.3) is 11.7 Å². The van der Waals surface area contributed by atoms with Crippen LogP contribution in [0.1, 0.15) is 36.1 Å². The number of ketones is 1. The van der Waals surface area contributed by atoms with Gasteiger partial charge in [0.05, 0.1) is 31.4 Å². The molecule has 2 aliphatic heterocycles. The molecule has 0 spiro atoms. The number of carbonyl (C=O) groups is 2. The van der Waals surface area contributed by atoms with E-state index in [2.05, 4.69) is 4.90 Å². The molecule has 4 rings (SSSR count). The molecular weight excluding hydrogens is 468 g/mol. The minimum atomic E-state index is -0.692. The van der Waals surface area contributed by atoms with Crippen LogP contribution in [0.25, 0.3) is 5.76 Å². The molecule has 2 saturated heterocycles. The average molecular weight is 499 g/mol. The number of Topliss-reactive ketones (excluding diaryl/α,β-unsaturated/α-hetero) is 1. The maximum atomic E-state index is 13.2. The van der Waals surface area contributed by atoms with Gasteiger partial charge < -0.3 is 19.5 Å². The molecule has 1 N–H and O–H groups in total. The van der Waals surface area contributed by atoms with Crippen LogP contribution in [0.3, 0.4) is 0 Å². The van der Waals surface area contributed by atoms with E-state index in [0.717, 1.165) is 30.8 Å². The second-order valence-electron chi connectivity index (χ2n) is 8.76. The number of likely N-dealkylation sites (tertiary alicyclic amines) is 1. The van der Waals surface area contributed by atoms with Crippen LogP contribution in [0.2, 0.25) is 5.02 Å². The first kappa shape index (κ1) is 25.2. The first-order valence-electron chi connectivity index (χ1n) is 12.0. The van der Waals surface area contributed by atoms with Crippen molar-refractivity contribution < 1.29 is 24.2 Å². The highest BCUT2D eigenvalue weighted by Gasteiger charge is 2.46. The Morgan fingerprint density at radius 3 is 2.49 bits per heavy atom. The highest BCUT2D eigenvalue weighted by atomic mass is 35.5. The summed E-state index contributed by atoms with van der Waals surface area (Å²) in [5.41, 5.74) is 2.07. The van der Waals surface area contributed by atoms with Crippen molar-refractivity contribution in [3.8, 4) is 5.75 Å². The van der Waals surface area contributed by atoms with E-state index < -0.39 is 17.7 Å². The fourth-order valence-electron chi connectivity index (χ4n) is 4.70. The van der Waals surface area contributed by atoms with Crippen molar-refractivity contribution in [1.29, 1.82) is 0 Å². The SMILES string of the molecule is CCOc1ccc(C(O)=C2C(=O)C(=O)N(CCCN3CCOCC3)[C@H]2c2ccc(Cl)cc2)c(C)c1. The Kier molecular flexibility index (Phi) is 8.11. The number of hydrogen-bond donors (Lipinski definition) is 1. The quantitative estimate of drug-likeness (QED) is 0.334. The van der Waals surface area contributed by atoms with Crippen molar-refractivity contribution >= 4 is 29.1 Å². The summed E-state index contributed by atoms with van der Waals surface area (Å²) >= 11 is 6.10. The van der Waals surface area contributed by atoms with Crippen molar-refractivity contribution in [1.82, 2.24) is 9.80 Å². The third kappa shape index (κ3) is 5.53. The molecule has 1 amide bonds. The summed E-state index contributed by atoms with van der Waals surface area (Å²) in [5.74, 6) is -0.780. The van der Waals surface area contributed by atoms with Crippen molar-refractivity contribution in [2.75, 3.05) is 46.0 Å². The molecule has 2 aromatic carbocycles. The van der Waals surface area contributed by atoms with Crippen LogP contribution >= 0.6 is 11.6 Å². The van der Waals surface area contributed by atoms with Crippen LogP contribution in [0.5, 0.6) is 5.75 Å². The monoisotopic (exact) mass is 498 g/mol. The maximum absolute atomic E-state index is 13.2. The third-order valence-electron chi connectivity index (χ3n) is 6.47. The number of halogens is 1. The highest BCUT2D eigenvalue weighted by molar-refractivity contribution is 6.46. The smallest absolute Gasteiger partial charge is 0.295 e. The molecule has 0 saturated carbocycles. The largest absolute Gasteiger partial charge is 0.507 e. The van der Waals surface area contributed by atoms with Gasteiger partial charge in [0, 0.05) is 36.8 Å². The Balaban J connectivity index is 1.68. The molecule has 0 aliphatic carbocycles. The van der Waals surface area contributed by atoms with E-state index in [0.29, 0.717) is 49.1 Å². The van der Waals surface area contributed by atoms with Gasteiger partial charge in [-0.1, -0.05) is 23.7 Å². The van der Waals surface area contributed by atoms with Crippen LogP contribution in [0.4, 0.5) is 0 Å². The average Bonchev–Trinajstić information content (AvgIpc) is 3.10. The molecule has 186 valence electrons. The molecule has 35 heavy (non-hydrogen) atoms. The fourth-order valence-corrected chi connectivity index (χ4v) is 4.82. The second kappa shape index (κ2) is 11.2. The van der Waals surface area contributed by atoms with Gasteiger partial charge in [-0.3, -0.25) is 14.5 Å². The lowest BCUT2D eigenvalue weighted by atomic mass is 9.94. The molecule has 2 aliphatic rings. The number of nitrogens with zero attached hydrogens (tertiary/aromatic N) is 2. The number of benzene rings is 2. The molecule has 2 fully saturated rings. The number of aliphatic hydroxyl groups excluding tert-OH is 1. The topological polar surface area (TPSA) is 79.3 Å². The standard InChI is InChI=1S/C27H31ClN2O5/c1-3-35-21-9-10-22(18(2)17-21)25(31)23-24(19-5-7-20(28)8-6-19)30(27(33)26(23)32)12-4-11-29-13-15-34-16-14-29/h5-10,17,24,31H,3-4,11-16H2,1-2H3/t24-/m0/s1. The molecule has 0 unspecified atom stereocenters. The van der Waals surface area contributed by atoms with Crippen molar-refractivity contribution in [2.45, 2.75) is 26.3 Å². The number of hydrogen-bond acceptors (Lipinski definition) is 6. The van der Waals surface area contributed by atoms with Crippen LogP contribution in [-0.2, 0) is 14.3 Å². The predicted molar refractivity (Wildman–Crippen MR) is 135 cm³/mol. The number of amides is 1. The lowest BCUT2D eigenvalue weighted by Gasteiger charge is -2.29. The van der Waals surface area contributed by atoms with Gasteiger partial charge in [0.15, 0.2) is 0 Å². The first-order valence-corrected chi connectivity index (χ1v) is 12.4. The Hall–Kier alpha value is -2.87. The van der Waals surface area contributed by atoms with Crippen LogP contribution in [-0.4, -0.2) is 72.6 Å². The van der Waals surface area contributed by atoms with Gasteiger partial charge in [-0.15, -0.1) is 0 Å². The number of carbonyl (C=O) groups excluding carboxylic acids is 2. The lowest BCUT2D eigenvalue weighted by molar-refractivity contribution is -0.140. The lowest BCUT2D eigenvalue weighted by Crippen LogP contribution is -2.38. The highest BCUT2D eigenvalue weighted by Crippen LogP contribution is 2.40. The molecule has 7 nitrogen and oxygen atoms in total. The van der Waals surface area contributed by atoms with Crippen molar-refractivity contribution in [3.05, 3.63) is 69.8 Å². The maximum Gasteiger partial charge on any atom is 0.295 e. The van der Waals surface area contributed by atoms with Crippen molar-refractivity contribution in [2.24, 2.45) is 0 Å². The van der Waals surface area contributed by atoms with E-state index in [1.165, 1.54) is 0 Å². The zero-order valence-corrected chi connectivity index (χ0v) is 20.9. The molecule has 0 bridgehead atoms. The molecule has 0 radical (unpaired) electrons. The normalized spacial score (nSPS) is 20.4. The summed E-state index contributed by atoms with van der Waals surface area (Å²) in [7, 11) is 0. The Morgan fingerprint density at radius 2 is 1.83 bits per heavy atom. The van der Waals surface area contributed by atoms with Gasteiger partial charge >= 0.3 is 0 Å². The van der Waals surface area contributed by atoms with Gasteiger partial charge in [0.1, 0.15) is 11.5 Å². The number of morpholine rings is 1. The molecule has 2 heterocycles. The van der Waals surface area contributed by atoms with Gasteiger partial charge in [0.2, 0.25) is 0 Å². The van der Waals surface area contributed by atoms with Crippen LogP contribution < -0.4 is 4.74 Å². The Morgan fingerprint density at radius 1 is 1.11 bits per heavy atom. The summed E-state index contributed by atoms with van der Waals surface area (Å²) in [6, 6.07) is 11.6. The molecule has 2 aromatic rings. The first-order chi connectivity index (χ1) is 16.9. The molecule has 1 atom stereocenters. The van der Waals surface area contributed by atoms with E-state index >= 15 is 0 Å². The number of rotatable bonds is 8. The van der Waals surface area contributed by atoms with Gasteiger partial charge in [-0.2, -0.15) is 0 Å². The Labute approximate surface area is 210 Å². The van der Waals surface area contributed by atoms with Crippen LogP contribution in [0.15, 0.2) is 48.0 Å².